The van der Waals surface area contributed by atoms with Gasteiger partial charge in [-0.15, -0.1) is 0 Å². The van der Waals surface area contributed by atoms with Gasteiger partial charge in [-0.1, -0.05) is 0 Å². The quantitative estimate of drug-likeness (QED) is 0.843. The molecule has 1 heterocycles. The van der Waals surface area contributed by atoms with Crippen molar-refractivity contribution < 1.29 is 13.6 Å². The zero-order valence-corrected chi connectivity index (χ0v) is 11.7. The number of rotatable bonds is 4. The van der Waals surface area contributed by atoms with E-state index in [1.807, 2.05) is 27.7 Å². The Balaban J connectivity index is 2.55. The number of likely N-dealkylation sites (tertiary alicyclic amines) is 1. The Bertz CT molecular complexity index is 293. The first-order chi connectivity index (χ1) is 8.22. The molecule has 1 unspecified atom stereocenters. The third kappa shape index (κ3) is 4.19. The maximum atomic E-state index is 14.0. The fourth-order valence-corrected chi connectivity index (χ4v) is 2.31. The first-order valence-electron chi connectivity index (χ1n) is 6.63. The molecule has 18 heavy (non-hydrogen) atoms. The predicted molar refractivity (Wildman–Crippen MR) is 67.7 cm³/mol. The van der Waals surface area contributed by atoms with Gasteiger partial charge in [0, 0.05) is 24.4 Å². The van der Waals surface area contributed by atoms with E-state index < -0.39 is 11.8 Å². The molecule has 0 aromatic carbocycles. The second-order valence-corrected chi connectivity index (χ2v) is 5.74. The van der Waals surface area contributed by atoms with Gasteiger partial charge < -0.3 is 5.32 Å². The largest absolute Gasteiger partial charge is 0.354 e. The minimum absolute atomic E-state index is 0.00174. The second-order valence-electron chi connectivity index (χ2n) is 5.74. The van der Waals surface area contributed by atoms with Crippen LogP contribution in [0.1, 0.15) is 40.5 Å². The molecule has 1 fully saturated rings. The summed E-state index contributed by atoms with van der Waals surface area (Å²) in [4.78, 5) is 13.3. The van der Waals surface area contributed by atoms with Crippen LogP contribution in [0.25, 0.3) is 0 Å². The van der Waals surface area contributed by atoms with Crippen molar-refractivity contribution in [2.24, 2.45) is 5.92 Å². The summed E-state index contributed by atoms with van der Waals surface area (Å²) in [5.74, 6) is -3.87. The standard InChI is InChI=1S/C13H24F2N2O/c1-9(2)16-12(18)7-11-5-6-17(10(3)4)8-13(11,14)15/h9-11H,5-8H2,1-4H3,(H,16,18). The van der Waals surface area contributed by atoms with Crippen molar-refractivity contribution in [1.82, 2.24) is 10.2 Å². The summed E-state index contributed by atoms with van der Waals surface area (Å²) in [6, 6.07) is 0.128. The van der Waals surface area contributed by atoms with Crippen LogP contribution in [0.4, 0.5) is 8.78 Å². The third-order valence-corrected chi connectivity index (χ3v) is 3.39. The minimum atomic E-state index is -2.77. The summed E-state index contributed by atoms with van der Waals surface area (Å²) in [5, 5.41) is 2.68. The molecule has 0 aliphatic carbocycles. The number of alkyl halides is 2. The molecule has 0 spiro atoms. The van der Waals surface area contributed by atoms with Gasteiger partial charge in [-0.25, -0.2) is 8.78 Å². The molecule has 0 aromatic rings. The van der Waals surface area contributed by atoms with Crippen LogP contribution in [-0.4, -0.2) is 41.9 Å². The van der Waals surface area contributed by atoms with Crippen molar-refractivity contribution in [1.29, 1.82) is 0 Å². The molecule has 1 rings (SSSR count). The van der Waals surface area contributed by atoms with E-state index in [4.69, 9.17) is 0 Å². The van der Waals surface area contributed by atoms with Gasteiger partial charge in [0.15, 0.2) is 0 Å². The third-order valence-electron chi connectivity index (χ3n) is 3.39. The van der Waals surface area contributed by atoms with Crippen LogP contribution in [-0.2, 0) is 4.79 Å². The highest BCUT2D eigenvalue weighted by atomic mass is 19.3. The number of carbonyl (C=O) groups excluding carboxylic acids is 1. The van der Waals surface area contributed by atoms with Crippen molar-refractivity contribution in [3.05, 3.63) is 0 Å². The average molecular weight is 262 g/mol. The van der Waals surface area contributed by atoms with Crippen LogP contribution in [0, 0.1) is 5.92 Å². The number of piperidine rings is 1. The summed E-state index contributed by atoms with van der Waals surface area (Å²) in [5.41, 5.74) is 0. The van der Waals surface area contributed by atoms with E-state index in [0.717, 1.165) is 0 Å². The Hall–Kier alpha value is -0.710. The lowest BCUT2D eigenvalue weighted by molar-refractivity contribution is -0.138. The SMILES string of the molecule is CC(C)NC(=O)CC1CCN(C(C)C)CC1(F)F. The van der Waals surface area contributed by atoms with E-state index >= 15 is 0 Å². The first-order valence-corrected chi connectivity index (χ1v) is 6.63. The summed E-state index contributed by atoms with van der Waals surface area (Å²) in [6.45, 7) is 7.91. The maximum absolute atomic E-state index is 14.0. The van der Waals surface area contributed by atoms with E-state index in [1.165, 1.54) is 0 Å². The van der Waals surface area contributed by atoms with Crippen molar-refractivity contribution >= 4 is 5.91 Å². The molecule has 1 saturated heterocycles. The van der Waals surface area contributed by atoms with Crippen molar-refractivity contribution in [3.63, 3.8) is 0 Å². The Morgan fingerprint density at radius 2 is 2.00 bits per heavy atom. The van der Waals surface area contributed by atoms with E-state index in [2.05, 4.69) is 5.32 Å². The van der Waals surface area contributed by atoms with Gasteiger partial charge in [0.2, 0.25) is 5.91 Å². The Labute approximate surface area is 108 Å². The maximum Gasteiger partial charge on any atom is 0.263 e. The molecule has 0 radical (unpaired) electrons. The van der Waals surface area contributed by atoms with Crippen LogP contribution in [0.15, 0.2) is 0 Å². The summed E-state index contributed by atoms with van der Waals surface area (Å²) in [7, 11) is 0. The van der Waals surface area contributed by atoms with Gasteiger partial charge in [0.05, 0.1) is 6.54 Å². The molecule has 1 aliphatic rings. The van der Waals surface area contributed by atoms with Crippen LogP contribution < -0.4 is 5.32 Å². The van der Waals surface area contributed by atoms with E-state index in [-0.39, 0.29) is 31.0 Å². The topological polar surface area (TPSA) is 32.3 Å². The molecular weight excluding hydrogens is 238 g/mol. The zero-order chi connectivity index (χ0) is 13.9. The normalized spacial score (nSPS) is 24.6. The lowest BCUT2D eigenvalue weighted by atomic mass is 9.89. The van der Waals surface area contributed by atoms with Crippen molar-refractivity contribution in [2.75, 3.05) is 13.1 Å². The molecule has 3 nitrogen and oxygen atoms in total. The average Bonchev–Trinajstić information content (AvgIpc) is 2.19. The summed E-state index contributed by atoms with van der Waals surface area (Å²) in [6.07, 6.45) is 0.313. The number of hydrogen-bond acceptors (Lipinski definition) is 2. The minimum Gasteiger partial charge on any atom is -0.354 e. The zero-order valence-electron chi connectivity index (χ0n) is 11.7. The monoisotopic (exact) mass is 262 g/mol. The Morgan fingerprint density at radius 3 is 2.44 bits per heavy atom. The molecular formula is C13H24F2N2O. The predicted octanol–water partition coefficient (Wildman–Crippen LogP) is 2.27. The van der Waals surface area contributed by atoms with E-state index in [1.54, 1.807) is 4.90 Å². The lowest BCUT2D eigenvalue weighted by Crippen LogP contribution is -2.52. The second kappa shape index (κ2) is 5.95. The number of nitrogens with zero attached hydrogens (tertiary/aromatic N) is 1. The highest BCUT2D eigenvalue weighted by Crippen LogP contribution is 2.35. The van der Waals surface area contributed by atoms with Gasteiger partial charge >= 0.3 is 0 Å². The van der Waals surface area contributed by atoms with Crippen molar-refractivity contribution in [3.8, 4) is 0 Å². The molecule has 0 aromatic heterocycles. The molecule has 106 valence electrons. The lowest BCUT2D eigenvalue weighted by Gasteiger charge is -2.40. The van der Waals surface area contributed by atoms with Gasteiger partial charge in [-0.05, 0) is 40.7 Å². The summed E-state index contributed by atoms with van der Waals surface area (Å²) < 4.78 is 27.9. The summed E-state index contributed by atoms with van der Waals surface area (Å²) >= 11 is 0. The van der Waals surface area contributed by atoms with Crippen molar-refractivity contribution in [2.45, 2.75) is 58.5 Å². The number of nitrogens with one attached hydrogen (secondary N) is 1. The fourth-order valence-electron chi connectivity index (χ4n) is 2.31. The first kappa shape index (κ1) is 15.3. The number of amides is 1. The van der Waals surface area contributed by atoms with Crippen LogP contribution >= 0.6 is 0 Å². The van der Waals surface area contributed by atoms with Gasteiger partial charge in [0.1, 0.15) is 0 Å². The van der Waals surface area contributed by atoms with Crippen LogP contribution in [0.3, 0.4) is 0 Å². The molecule has 5 heteroatoms. The fraction of sp³-hybridized carbons (Fsp3) is 0.923. The highest BCUT2D eigenvalue weighted by Gasteiger charge is 2.45. The molecule has 1 N–H and O–H groups in total. The smallest absolute Gasteiger partial charge is 0.263 e. The van der Waals surface area contributed by atoms with Gasteiger partial charge in [0.25, 0.3) is 5.92 Å². The van der Waals surface area contributed by atoms with Crippen LogP contribution in [0.2, 0.25) is 0 Å². The Kier molecular flexibility index (Phi) is 5.08. The number of halogens is 2. The molecule has 1 aliphatic heterocycles. The molecule has 1 atom stereocenters. The van der Waals surface area contributed by atoms with Crippen LogP contribution in [0.5, 0.6) is 0 Å². The molecule has 1 amide bonds. The number of carbonyl (C=O) groups is 1. The van der Waals surface area contributed by atoms with Gasteiger partial charge in [-0.3, -0.25) is 9.69 Å². The van der Waals surface area contributed by atoms with E-state index in [0.29, 0.717) is 13.0 Å². The van der Waals surface area contributed by atoms with Gasteiger partial charge in [-0.2, -0.15) is 0 Å². The Morgan fingerprint density at radius 1 is 1.39 bits per heavy atom. The highest BCUT2D eigenvalue weighted by molar-refractivity contribution is 5.76. The molecule has 0 bridgehead atoms. The number of hydrogen-bond donors (Lipinski definition) is 1. The molecule has 0 saturated carbocycles. The van der Waals surface area contributed by atoms with E-state index in [9.17, 15) is 13.6 Å².